The molecule has 3 rings (SSSR count). The Bertz CT molecular complexity index is 1220. The maximum atomic E-state index is 14.0. The Kier molecular flexibility index (Phi) is 7.04. The van der Waals surface area contributed by atoms with Gasteiger partial charge in [-0.05, 0) is 42.5 Å². The van der Waals surface area contributed by atoms with Crippen molar-refractivity contribution in [3.8, 4) is 5.75 Å². The number of halogens is 3. The molecule has 0 aliphatic rings. The third-order valence-electron chi connectivity index (χ3n) is 4.37. The third kappa shape index (κ3) is 6.01. The van der Waals surface area contributed by atoms with E-state index in [4.69, 9.17) is 4.74 Å². The molecular weight excluding hydrogens is 445 g/mol. The Balaban J connectivity index is 1.65. The van der Waals surface area contributed by atoms with E-state index in [1.165, 1.54) is 48.5 Å². The van der Waals surface area contributed by atoms with Crippen molar-refractivity contribution in [3.63, 3.8) is 0 Å². The van der Waals surface area contributed by atoms with Crippen LogP contribution in [0.15, 0.2) is 66.7 Å². The predicted molar refractivity (Wildman–Crippen MR) is 114 cm³/mol. The van der Waals surface area contributed by atoms with Gasteiger partial charge in [0.1, 0.15) is 11.6 Å². The number of carbonyl (C=O) groups is 1. The van der Waals surface area contributed by atoms with Gasteiger partial charge in [-0.1, -0.05) is 18.2 Å². The van der Waals surface area contributed by atoms with Crippen molar-refractivity contribution in [3.05, 3.63) is 89.7 Å². The average Bonchev–Trinajstić information content (AvgIpc) is 2.74. The lowest BCUT2D eigenvalue weighted by Crippen LogP contribution is -2.29. The van der Waals surface area contributed by atoms with E-state index in [-0.39, 0.29) is 29.2 Å². The highest BCUT2D eigenvalue weighted by Gasteiger charge is 2.19. The Morgan fingerprint density at radius 2 is 1.62 bits per heavy atom. The standard InChI is InChI=1S/C22H19F3N2O4S/c1-32(29,30)27(13-15-4-2-3-5-19(15)23)17-7-9-18(10-8-17)31-14-22(28)26-16-6-11-20(24)21(25)12-16/h2-12H,13-14H2,1H3,(H,26,28). The van der Waals surface area contributed by atoms with Crippen LogP contribution in [0, 0.1) is 17.5 Å². The Labute approximate surface area is 183 Å². The van der Waals surface area contributed by atoms with Crippen LogP contribution >= 0.6 is 0 Å². The van der Waals surface area contributed by atoms with E-state index in [9.17, 15) is 26.4 Å². The second kappa shape index (κ2) is 9.73. The molecule has 1 amide bonds. The lowest BCUT2D eigenvalue weighted by molar-refractivity contribution is -0.118. The summed E-state index contributed by atoms with van der Waals surface area (Å²) in [5.74, 6) is -2.97. The van der Waals surface area contributed by atoms with Crippen LogP contribution in [0.3, 0.4) is 0 Å². The fourth-order valence-corrected chi connectivity index (χ4v) is 3.69. The van der Waals surface area contributed by atoms with Crippen molar-refractivity contribution in [2.24, 2.45) is 0 Å². The van der Waals surface area contributed by atoms with Gasteiger partial charge in [-0.2, -0.15) is 0 Å². The Hall–Kier alpha value is -3.53. The third-order valence-corrected chi connectivity index (χ3v) is 5.51. The molecule has 0 bridgehead atoms. The van der Waals surface area contributed by atoms with E-state index in [0.29, 0.717) is 0 Å². The minimum absolute atomic E-state index is 0.0739. The lowest BCUT2D eigenvalue weighted by atomic mass is 10.2. The number of carbonyl (C=O) groups excluding carboxylic acids is 1. The van der Waals surface area contributed by atoms with E-state index in [0.717, 1.165) is 22.7 Å². The van der Waals surface area contributed by atoms with Crippen LogP contribution in [0.4, 0.5) is 24.5 Å². The van der Waals surface area contributed by atoms with Gasteiger partial charge in [-0.25, -0.2) is 21.6 Å². The normalized spacial score (nSPS) is 11.1. The van der Waals surface area contributed by atoms with Crippen molar-refractivity contribution in [1.82, 2.24) is 0 Å². The molecule has 0 aliphatic carbocycles. The van der Waals surface area contributed by atoms with E-state index in [1.54, 1.807) is 6.07 Å². The molecule has 0 fully saturated rings. The van der Waals surface area contributed by atoms with Crippen molar-refractivity contribution in [2.75, 3.05) is 22.5 Å². The number of ether oxygens (including phenoxy) is 1. The van der Waals surface area contributed by atoms with Crippen molar-refractivity contribution >= 4 is 27.3 Å². The van der Waals surface area contributed by atoms with Gasteiger partial charge in [0, 0.05) is 17.3 Å². The number of anilines is 2. The molecule has 0 aromatic heterocycles. The number of hydrogen-bond donors (Lipinski definition) is 1. The van der Waals surface area contributed by atoms with Gasteiger partial charge in [-0.15, -0.1) is 0 Å². The number of hydrogen-bond acceptors (Lipinski definition) is 4. The second-order valence-electron chi connectivity index (χ2n) is 6.82. The molecule has 0 radical (unpaired) electrons. The Morgan fingerprint density at radius 1 is 0.938 bits per heavy atom. The zero-order valence-electron chi connectivity index (χ0n) is 16.9. The van der Waals surface area contributed by atoms with E-state index in [1.807, 2.05) is 0 Å². The molecular formula is C22H19F3N2O4S. The monoisotopic (exact) mass is 464 g/mol. The molecule has 168 valence electrons. The molecule has 0 unspecified atom stereocenters. The van der Waals surface area contributed by atoms with Crippen molar-refractivity contribution in [1.29, 1.82) is 0 Å². The molecule has 6 nitrogen and oxygen atoms in total. The summed E-state index contributed by atoms with van der Waals surface area (Å²) in [6.07, 6.45) is 1.01. The first kappa shape index (κ1) is 23.1. The molecule has 0 atom stereocenters. The van der Waals surface area contributed by atoms with Crippen LogP contribution in [0.5, 0.6) is 5.75 Å². The molecule has 0 saturated heterocycles. The first-order valence-corrected chi connectivity index (χ1v) is 11.2. The smallest absolute Gasteiger partial charge is 0.262 e. The van der Waals surface area contributed by atoms with Crippen LogP contribution in [0.25, 0.3) is 0 Å². The first-order chi connectivity index (χ1) is 15.1. The zero-order chi connectivity index (χ0) is 23.3. The van der Waals surface area contributed by atoms with Crippen LogP contribution in [0.1, 0.15) is 5.56 Å². The molecule has 0 saturated carbocycles. The van der Waals surface area contributed by atoms with Gasteiger partial charge in [0.2, 0.25) is 10.0 Å². The van der Waals surface area contributed by atoms with E-state index < -0.39 is 40.0 Å². The molecule has 10 heteroatoms. The number of rotatable bonds is 8. The zero-order valence-corrected chi connectivity index (χ0v) is 17.7. The number of nitrogens with one attached hydrogen (secondary N) is 1. The minimum Gasteiger partial charge on any atom is -0.484 e. The van der Waals surface area contributed by atoms with Gasteiger partial charge < -0.3 is 10.1 Å². The summed E-state index contributed by atoms with van der Waals surface area (Å²) in [6, 6.07) is 14.7. The number of benzene rings is 3. The Morgan fingerprint density at radius 3 is 2.25 bits per heavy atom. The molecule has 32 heavy (non-hydrogen) atoms. The summed E-state index contributed by atoms with van der Waals surface area (Å²) >= 11 is 0. The molecule has 0 aliphatic heterocycles. The first-order valence-electron chi connectivity index (χ1n) is 9.32. The van der Waals surface area contributed by atoms with Crippen molar-refractivity contribution in [2.45, 2.75) is 6.54 Å². The number of amides is 1. The fourth-order valence-electron chi connectivity index (χ4n) is 2.81. The van der Waals surface area contributed by atoms with Crippen LogP contribution in [0.2, 0.25) is 0 Å². The molecule has 1 N–H and O–H groups in total. The number of nitrogens with zero attached hydrogens (tertiary/aromatic N) is 1. The molecule has 0 heterocycles. The predicted octanol–water partition coefficient (Wildman–Crippen LogP) is 4.09. The van der Waals surface area contributed by atoms with Gasteiger partial charge in [-0.3, -0.25) is 9.10 Å². The van der Waals surface area contributed by atoms with Crippen LogP contribution in [-0.2, 0) is 21.4 Å². The SMILES string of the molecule is CS(=O)(=O)N(Cc1ccccc1F)c1ccc(OCC(=O)Nc2ccc(F)c(F)c2)cc1. The topological polar surface area (TPSA) is 75.7 Å². The van der Waals surface area contributed by atoms with Crippen molar-refractivity contribution < 1.29 is 31.1 Å². The fraction of sp³-hybridized carbons (Fsp3) is 0.136. The van der Waals surface area contributed by atoms with E-state index >= 15 is 0 Å². The molecule has 0 spiro atoms. The highest BCUT2D eigenvalue weighted by Crippen LogP contribution is 2.24. The second-order valence-corrected chi connectivity index (χ2v) is 8.73. The molecule has 3 aromatic rings. The average molecular weight is 464 g/mol. The van der Waals surface area contributed by atoms with Gasteiger partial charge in [0.15, 0.2) is 18.2 Å². The van der Waals surface area contributed by atoms with Crippen LogP contribution < -0.4 is 14.4 Å². The van der Waals surface area contributed by atoms with Gasteiger partial charge in [0.25, 0.3) is 5.91 Å². The summed E-state index contributed by atoms with van der Waals surface area (Å²) in [6.45, 7) is -0.605. The number of sulfonamides is 1. The summed E-state index contributed by atoms with van der Waals surface area (Å²) in [4.78, 5) is 11.9. The maximum absolute atomic E-state index is 14.0. The van der Waals surface area contributed by atoms with Crippen LogP contribution in [-0.4, -0.2) is 27.2 Å². The quantitative estimate of drug-likeness (QED) is 0.545. The highest BCUT2D eigenvalue weighted by atomic mass is 32.2. The van der Waals surface area contributed by atoms with Gasteiger partial charge >= 0.3 is 0 Å². The largest absolute Gasteiger partial charge is 0.484 e. The summed E-state index contributed by atoms with van der Waals surface area (Å²) < 4.78 is 71.0. The maximum Gasteiger partial charge on any atom is 0.262 e. The summed E-state index contributed by atoms with van der Waals surface area (Å²) in [5.41, 5.74) is 0.575. The van der Waals surface area contributed by atoms with Gasteiger partial charge in [0.05, 0.1) is 18.5 Å². The van der Waals surface area contributed by atoms with E-state index in [2.05, 4.69) is 5.32 Å². The minimum atomic E-state index is -3.71. The summed E-state index contributed by atoms with van der Waals surface area (Å²) in [7, 11) is -3.71. The molecule has 3 aromatic carbocycles. The lowest BCUT2D eigenvalue weighted by Gasteiger charge is -2.23. The summed E-state index contributed by atoms with van der Waals surface area (Å²) in [5, 5.41) is 2.37. The highest BCUT2D eigenvalue weighted by molar-refractivity contribution is 7.92.